The Kier molecular flexibility index (Phi) is 10.4. The number of benzene rings is 2. The van der Waals surface area contributed by atoms with E-state index in [4.69, 9.17) is 19.2 Å². The number of carbonyl (C=O) groups is 2. The second-order valence-corrected chi connectivity index (χ2v) is 12.8. The number of carbonyl (C=O) groups excluding carboxylic acids is 1. The fourth-order valence-electron chi connectivity index (χ4n) is 5.72. The molecule has 0 amide bonds. The molecule has 45 heavy (non-hydrogen) atoms. The molecular formula is C35H40BrN3O6. The van der Waals surface area contributed by atoms with E-state index in [1.165, 1.54) is 0 Å². The molecule has 1 fully saturated rings. The molecule has 238 valence electrons. The van der Waals surface area contributed by atoms with Gasteiger partial charge in [-0.05, 0) is 69.4 Å². The maximum Gasteiger partial charge on any atom is 0.377 e. The van der Waals surface area contributed by atoms with Crippen LogP contribution in [0.15, 0.2) is 65.3 Å². The van der Waals surface area contributed by atoms with Gasteiger partial charge in [0.25, 0.3) is 5.78 Å². The van der Waals surface area contributed by atoms with E-state index in [1.807, 2.05) is 79.0 Å². The molecule has 1 saturated heterocycles. The lowest BCUT2D eigenvalue weighted by molar-refractivity contribution is -0.131. The summed E-state index contributed by atoms with van der Waals surface area (Å²) in [6, 6.07) is 17.9. The SMILES string of the molecule is Cc1c(C(=O)C(=O)O)c(N2CCC(C)(OCCOC[C@@H](C)OCc3ccccc3)CC2)n2cc(-c3cccc(Br)c3)nc2c1C. The number of ether oxygens (including phenoxy) is 3. The quantitative estimate of drug-likeness (QED) is 0.0954. The predicted octanol–water partition coefficient (Wildman–Crippen LogP) is 6.65. The van der Waals surface area contributed by atoms with Crippen LogP contribution < -0.4 is 4.90 Å². The second-order valence-electron chi connectivity index (χ2n) is 11.9. The molecule has 1 aliphatic rings. The molecule has 0 aliphatic carbocycles. The number of nitrogens with zero attached hydrogens (tertiary/aromatic N) is 3. The van der Waals surface area contributed by atoms with Crippen molar-refractivity contribution in [3.05, 3.63) is 87.5 Å². The molecule has 5 rings (SSSR count). The van der Waals surface area contributed by atoms with Crippen molar-refractivity contribution in [2.45, 2.75) is 58.8 Å². The summed E-state index contributed by atoms with van der Waals surface area (Å²) >= 11 is 3.53. The number of Topliss-reactive ketones (excluding diaryl/α,β-unsaturated/α-hetero) is 1. The smallest absolute Gasteiger partial charge is 0.377 e. The number of aromatic nitrogens is 2. The van der Waals surface area contributed by atoms with Crippen LogP contribution in [0.1, 0.15) is 53.7 Å². The lowest BCUT2D eigenvalue weighted by atomic mass is 9.92. The van der Waals surface area contributed by atoms with E-state index in [1.54, 1.807) is 6.92 Å². The number of aliphatic carboxylic acids is 1. The number of piperidine rings is 1. The number of ketones is 1. The van der Waals surface area contributed by atoms with Gasteiger partial charge in [-0.3, -0.25) is 9.20 Å². The van der Waals surface area contributed by atoms with E-state index in [0.29, 0.717) is 69.4 Å². The minimum Gasteiger partial charge on any atom is -0.475 e. The molecule has 9 nitrogen and oxygen atoms in total. The van der Waals surface area contributed by atoms with Crippen LogP contribution in [0, 0.1) is 13.8 Å². The summed E-state index contributed by atoms with van der Waals surface area (Å²) in [7, 11) is 0. The molecular weight excluding hydrogens is 638 g/mol. The molecule has 1 aliphatic heterocycles. The summed E-state index contributed by atoms with van der Waals surface area (Å²) in [4.78, 5) is 32.1. The Morgan fingerprint density at radius 3 is 2.47 bits per heavy atom. The molecule has 0 bridgehead atoms. The minimum absolute atomic E-state index is 0.0337. The monoisotopic (exact) mass is 677 g/mol. The van der Waals surface area contributed by atoms with E-state index in [0.717, 1.165) is 26.9 Å². The van der Waals surface area contributed by atoms with Gasteiger partial charge in [0.15, 0.2) is 0 Å². The van der Waals surface area contributed by atoms with Crippen molar-refractivity contribution in [2.75, 3.05) is 37.8 Å². The third-order valence-corrected chi connectivity index (χ3v) is 8.99. The Balaban J connectivity index is 1.26. The molecule has 0 radical (unpaired) electrons. The second kappa shape index (κ2) is 14.2. The number of hydrogen-bond acceptors (Lipinski definition) is 7. The number of rotatable bonds is 13. The van der Waals surface area contributed by atoms with Gasteiger partial charge in [0.1, 0.15) is 11.5 Å². The maximum absolute atomic E-state index is 13.1. The van der Waals surface area contributed by atoms with Crippen LogP contribution in [-0.2, 0) is 25.6 Å². The zero-order valence-corrected chi connectivity index (χ0v) is 27.8. The Morgan fingerprint density at radius 2 is 1.78 bits per heavy atom. The van der Waals surface area contributed by atoms with E-state index in [9.17, 15) is 14.7 Å². The summed E-state index contributed by atoms with van der Waals surface area (Å²) < 4.78 is 20.8. The summed E-state index contributed by atoms with van der Waals surface area (Å²) in [6.45, 7) is 10.9. The van der Waals surface area contributed by atoms with Gasteiger partial charge in [-0.2, -0.15) is 0 Å². The fourth-order valence-corrected chi connectivity index (χ4v) is 6.12. The van der Waals surface area contributed by atoms with Gasteiger partial charge < -0.3 is 24.2 Å². The van der Waals surface area contributed by atoms with Crippen molar-refractivity contribution in [2.24, 2.45) is 0 Å². The summed E-state index contributed by atoms with van der Waals surface area (Å²) in [6.07, 6.45) is 3.26. The standard InChI is InChI=1S/C35H40BrN3O6/c1-23(44-22-26-9-6-5-7-10-26)21-43-17-18-45-35(4)13-15-38(16-14-35)33-30(31(40)34(41)42)24(2)25(3)32-37-29(20-39(32)33)27-11-8-12-28(36)19-27/h5-12,19-20,23H,13-18,21-22H2,1-4H3,(H,41,42)/t23-/m1/s1. The van der Waals surface area contributed by atoms with Gasteiger partial charge in [-0.1, -0.05) is 58.4 Å². The van der Waals surface area contributed by atoms with Crippen molar-refractivity contribution in [1.29, 1.82) is 0 Å². The number of fused-ring (bicyclic) bond motifs is 1. The van der Waals surface area contributed by atoms with Gasteiger partial charge in [-0.25, -0.2) is 9.78 Å². The van der Waals surface area contributed by atoms with E-state index in [2.05, 4.69) is 27.8 Å². The molecule has 4 aromatic rings. The molecule has 0 spiro atoms. The topological polar surface area (TPSA) is 103 Å². The van der Waals surface area contributed by atoms with Crippen LogP contribution in [-0.4, -0.2) is 70.9 Å². The lowest BCUT2D eigenvalue weighted by Gasteiger charge is -2.41. The Hall–Kier alpha value is -3.57. The van der Waals surface area contributed by atoms with Crippen LogP contribution in [0.4, 0.5) is 5.82 Å². The van der Waals surface area contributed by atoms with Gasteiger partial charge in [0.05, 0.1) is 49.4 Å². The lowest BCUT2D eigenvalue weighted by Crippen LogP contribution is -2.46. The summed E-state index contributed by atoms with van der Waals surface area (Å²) in [5.74, 6) is -1.84. The molecule has 1 N–H and O–H groups in total. The van der Waals surface area contributed by atoms with Gasteiger partial charge >= 0.3 is 5.97 Å². The molecule has 1 atom stereocenters. The highest BCUT2D eigenvalue weighted by atomic mass is 79.9. The minimum atomic E-state index is -1.48. The highest BCUT2D eigenvalue weighted by Crippen LogP contribution is 2.36. The number of pyridine rings is 1. The first kappa shape index (κ1) is 32.8. The van der Waals surface area contributed by atoms with E-state index in [-0.39, 0.29) is 17.3 Å². The van der Waals surface area contributed by atoms with Gasteiger partial charge in [-0.15, -0.1) is 0 Å². The van der Waals surface area contributed by atoms with Gasteiger partial charge in [0, 0.05) is 29.3 Å². The third-order valence-electron chi connectivity index (χ3n) is 8.50. The van der Waals surface area contributed by atoms with Crippen LogP contribution in [0.3, 0.4) is 0 Å². The number of hydrogen-bond donors (Lipinski definition) is 1. The average Bonchev–Trinajstić information content (AvgIpc) is 3.48. The highest BCUT2D eigenvalue weighted by Gasteiger charge is 2.35. The summed E-state index contributed by atoms with van der Waals surface area (Å²) in [5.41, 5.74) is 4.71. The van der Waals surface area contributed by atoms with Crippen LogP contribution >= 0.6 is 15.9 Å². The molecule has 3 heterocycles. The molecule has 2 aromatic carbocycles. The molecule has 0 unspecified atom stereocenters. The van der Waals surface area contributed by atoms with Gasteiger partial charge in [0.2, 0.25) is 0 Å². The van der Waals surface area contributed by atoms with Crippen molar-refractivity contribution in [1.82, 2.24) is 9.38 Å². The fraction of sp³-hybridized carbons (Fsp3) is 0.400. The van der Waals surface area contributed by atoms with Crippen LogP contribution in [0.5, 0.6) is 0 Å². The number of carboxylic acid groups (broad SMARTS) is 1. The number of halogens is 1. The van der Waals surface area contributed by atoms with E-state index >= 15 is 0 Å². The maximum atomic E-state index is 13.1. The first-order valence-corrected chi connectivity index (χ1v) is 16.0. The normalized spacial score (nSPS) is 15.4. The highest BCUT2D eigenvalue weighted by molar-refractivity contribution is 9.10. The Labute approximate surface area is 272 Å². The molecule has 0 saturated carbocycles. The molecule has 10 heteroatoms. The number of imidazole rings is 1. The number of aryl methyl sites for hydroxylation is 1. The van der Waals surface area contributed by atoms with Crippen LogP contribution in [0.2, 0.25) is 0 Å². The first-order valence-electron chi connectivity index (χ1n) is 15.2. The zero-order chi connectivity index (χ0) is 32.1. The summed E-state index contributed by atoms with van der Waals surface area (Å²) in [5, 5.41) is 9.76. The van der Waals surface area contributed by atoms with Crippen molar-refractivity contribution in [3.8, 4) is 11.3 Å². The van der Waals surface area contributed by atoms with Crippen molar-refractivity contribution < 1.29 is 28.9 Å². The Morgan fingerprint density at radius 1 is 1.04 bits per heavy atom. The number of anilines is 1. The Bertz CT molecular complexity index is 1660. The van der Waals surface area contributed by atoms with Crippen molar-refractivity contribution in [3.63, 3.8) is 0 Å². The van der Waals surface area contributed by atoms with E-state index < -0.39 is 11.8 Å². The van der Waals surface area contributed by atoms with Crippen molar-refractivity contribution >= 4 is 39.1 Å². The molecule has 2 aromatic heterocycles. The third kappa shape index (κ3) is 7.64. The zero-order valence-electron chi connectivity index (χ0n) is 26.2. The first-order chi connectivity index (χ1) is 21.6. The predicted molar refractivity (Wildman–Crippen MR) is 177 cm³/mol. The van der Waals surface area contributed by atoms with Crippen LogP contribution in [0.25, 0.3) is 16.9 Å². The average molecular weight is 679 g/mol. The largest absolute Gasteiger partial charge is 0.475 e. The number of carboxylic acids is 1.